The van der Waals surface area contributed by atoms with Gasteiger partial charge in [0.15, 0.2) is 11.5 Å². The predicted molar refractivity (Wildman–Crippen MR) is 173 cm³/mol. The van der Waals surface area contributed by atoms with Gasteiger partial charge in [-0.15, -0.1) is 0 Å². The molecule has 2 aliphatic carbocycles. The fourth-order valence-corrected chi connectivity index (χ4v) is 8.12. The lowest BCUT2D eigenvalue weighted by atomic mass is 9.50. The fourth-order valence-electron chi connectivity index (χ4n) is 8.12. The maximum absolute atomic E-state index is 15.0. The second-order valence-electron chi connectivity index (χ2n) is 12.6. The molecule has 4 aliphatic rings. The molecular weight excluding hydrogens is 598 g/mol. The number of nitrogens with zero attached hydrogens (tertiary/aromatic N) is 1. The summed E-state index contributed by atoms with van der Waals surface area (Å²) in [6, 6.07) is 20.1. The number of carbonyl (C=O) groups is 4. The summed E-state index contributed by atoms with van der Waals surface area (Å²) in [7, 11) is 2.89. The number of benzene rings is 3. The van der Waals surface area contributed by atoms with E-state index >= 15 is 4.79 Å². The number of aromatic hydroxyl groups is 1. The number of aryl methyl sites for hydroxylation is 1. The molecule has 0 aromatic heterocycles. The van der Waals surface area contributed by atoms with Crippen molar-refractivity contribution in [3.63, 3.8) is 0 Å². The van der Waals surface area contributed by atoms with Gasteiger partial charge in [0.05, 0.1) is 43.1 Å². The van der Waals surface area contributed by atoms with Crippen LogP contribution in [-0.2, 0) is 24.6 Å². The number of phenolic OH excluding ortho intramolecular Hbond substituents is 1. The Morgan fingerprint density at radius 3 is 2.28 bits per heavy atom. The minimum absolute atomic E-state index is 0.141. The van der Waals surface area contributed by atoms with Gasteiger partial charge in [0, 0.05) is 5.92 Å². The molecule has 0 unspecified atom stereocenters. The Balaban J connectivity index is 1.42. The Kier molecular flexibility index (Phi) is 7.38. The molecular formula is C37H35N3O7. The molecule has 4 amide bonds. The number of hydrogen-bond acceptors (Lipinski definition) is 8. The summed E-state index contributed by atoms with van der Waals surface area (Å²) in [5.74, 6) is -4.25. The molecule has 0 radical (unpaired) electrons. The lowest BCUT2D eigenvalue weighted by Gasteiger charge is -2.49. The van der Waals surface area contributed by atoms with Gasteiger partial charge in [-0.2, -0.15) is 5.01 Å². The first kappa shape index (κ1) is 30.3. The van der Waals surface area contributed by atoms with Gasteiger partial charge in [0.1, 0.15) is 0 Å². The van der Waals surface area contributed by atoms with Gasteiger partial charge in [-0.05, 0) is 61.1 Å². The van der Waals surface area contributed by atoms with Gasteiger partial charge in [0.2, 0.25) is 17.6 Å². The van der Waals surface area contributed by atoms with Crippen LogP contribution in [0, 0.1) is 36.5 Å². The number of nitrogens with one attached hydrogen (secondary N) is 2. The number of anilines is 1. The summed E-state index contributed by atoms with van der Waals surface area (Å²) in [5, 5.41) is 14.2. The maximum atomic E-state index is 15.0. The van der Waals surface area contributed by atoms with Crippen LogP contribution in [0.15, 0.2) is 84.5 Å². The highest BCUT2D eigenvalue weighted by Gasteiger charge is 2.69. The Morgan fingerprint density at radius 1 is 0.936 bits per heavy atom. The van der Waals surface area contributed by atoms with E-state index < -0.39 is 46.8 Å². The van der Waals surface area contributed by atoms with E-state index in [-0.39, 0.29) is 35.5 Å². The highest BCUT2D eigenvalue weighted by molar-refractivity contribution is 6.13. The van der Waals surface area contributed by atoms with Crippen molar-refractivity contribution in [3.05, 3.63) is 101 Å². The zero-order valence-corrected chi connectivity index (χ0v) is 26.2. The summed E-state index contributed by atoms with van der Waals surface area (Å²) >= 11 is 0. The van der Waals surface area contributed by atoms with Gasteiger partial charge in [-0.25, -0.2) is 0 Å². The van der Waals surface area contributed by atoms with E-state index in [2.05, 4.69) is 10.7 Å². The molecule has 10 nitrogen and oxygen atoms in total. The molecule has 3 fully saturated rings. The first-order valence-corrected chi connectivity index (χ1v) is 15.6. The third kappa shape index (κ3) is 4.61. The fraction of sp³-hybridized carbons (Fsp3) is 0.297. The van der Waals surface area contributed by atoms with Crippen molar-refractivity contribution < 1.29 is 33.8 Å². The van der Waals surface area contributed by atoms with Crippen LogP contribution in [0.1, 0.15) is 29.5 Å². The van der Waals surface area contributed by atoms with Crippen LogP contribution in [0.25, 0.3) is 6.08 Å². The minimum Gasteiger partial charge on any atom is -0.502 e. The topological polar surface area (TPSA) is 134 Å². The van der Waals surface area contributed by atoms with Crippen LogP contribution >= 0.6 is 0 Å². The lowest BCUT2D eigenvalue weighted by Crippen LogP contribution is -2.54. The predicted octanol–water partition coefficient (Wildman–Crippen LogP) is 4.54. The molecule has 2 heterocycles. The Morgan fingerprint density at radius 2 is 1.62 bits per heavy atom. The highest BCUT2D eigenvalue weighted by Crippen LogP contribution is 2.61. The number of methoxy groups -OCH3 is 2. The number of carbonyl (C=O) groups excluding carboxylic acids is 4. The second-order valence-corrected chi connectivity index (χ2v) is 12.6. The monoisotopic (exact) mass is 633 g/mol. The summed E-state index contributed by atoms with van der Waals surface area (Å²) in [5.41, 5.74) is 5.52. The zero-order chi connectivity index (χ0) is 33.0. The molecule has 7 rings (SSSR count). The van der Waals surface area contributed by atoms with Crippen molar-refractivity contribution >= 4 is 35.4 Å². The van der Waals surface area contributed by atoms with E-state index in [0.717, 1.165) is 16.1 Å². The molecule has 2 saturated heterocycles. The normalized spacial score (nSPS) is 28.0. The number of ether oxygens (including phenoxy) is 2. The summed E-state index contributed by atoms with van der Waals surface area (Å²) < 4.78 is 10.8. The molecule has 240 valence electrons. The number of phenols is 1. The van der Waals surface area contributed by atoms with Crippen molar-refractivity contribution in [1.82, 2.24) is 10.3 Å². The molecule has 3 N–H and O–H groups in total. The van der Waals surface area contributed by atoms with E-state index in [1.54, 1.807) is 12.1 Å². The smallest absolute Gasteiger partial charge is 0.260 e. The highest BCUT2D eigenvalue weighted by atomic mass is 16.5. The summed E-state index contributed by atoms with van der Waals surface area (Å²) in [4.78, 5) is 55.5. The van der Waals surface area contributed by atoms with Crippen molar-refractivity contribution in [1.29, 1.82) is 0 Å². The molecule has 0 bridgehead atoms. The van der Waals surface area contributed by atoms with E-state index in [1.807, 2.05) is 79.7 Å². The first-order valence-electron chi connectivity index (χ1n) is 15.6. The van der Waals surface area contributed by atoms with Crippen LogP contribution in [-0.4, -0.2) is 48.0 Å². The molecule has 6 atom stereocenters. The Labute approximate surface area is 272 Å². The number of allylic oxidation sites excluding steroid dienone is 3. The number of hydrogen-bond donors (Lipinski definition) is 3. The van der Waals surface area contributed by atoms with E-state index in [4.69, 9.17) is 9.47 Å². The van der Waals surface area contributed by atoms with E-state index in [1.165, 1.54) is 14.2 Å². The molecule has 0 spiro atoms. The summed E-state index contributed by atoms with van der Waals surface area (Å²) in [6.07, 6.45) is 6.29. The first-order chi connectivity index (χ1) is 22.7. The van der Waals surface area contributed by atoms with Crippen LogP contribution in [0.3, 0.4) is 0 Å². The van der Waals surface area contributed by atoms with Crippen molar-refractivity contribution in [2.45, 2.75) is 25.2 Å². The van der Waals surface area contributed by atoms with Crippen LogP contribution in [0.4, 0.5) is 5.69 Å². The van der Waals surface area contributed by atoms with Crippen molar-refractivity contribution in [2.75, 3.05) is 19.6 Å². The second kappa shape index (κ2) is 11.5. The largest absolute Gasteiger partial charge is 0.502 e. The van der Waals surface area contributed by atoms with Crippen molar-refractivity contribution in [2.24, 2.45) is 29.6 Å². The standard InChI is InChI=1S/C37H35N3O7/c1-20-9-12-23(13-10-20)39-40-35(44)28-19-26-24(14-15-25-31(26)34(43)38-33(25)42)27(37(28,36(40)45)22-7-5-4-6-8-22)16-11-21-17-29(46-2)32(41)30(18-21)47-3/h4-14,16-18,25-28,31,39,41H,15,19H2,1-3H3,(H,38,42,43)/t25-,26+,27-,28-,31-,37-/m0/s1. The molecule has 3 aromatic rings. The molecule has 10 heteroatoms. The zero-order valence-electron chi connectivity index (χ0n) is 26.2. The van der Waals surface area contributed by atoms with Crippen molar-refractivity contribution in [3.8, 4) is 17.2 Å². The van der Waals surface area contributed by atoms with Gasteiger partial charge in [0.25, 0.3) is 11.8 Å². The van der Waals surface area contributed by atoms with Gasteiger partial charge >= 0.3 is 0 Å². The number of hydrazine groups is 1. The lowest BCUT2D eigenvalue weighted by molar-refractivity contribution is -0.139. The number of amides is 4. The third-order valence-electron chi connectivity index (χ3n) is 10.3. The molecule has 1 saturated carbocycles. The average molecular weight is 634 g/mol. The molecule has 2 aliphatic heterocycles. The third-order valence-corrected chi connectivity index (χ3v) is 10.3. The van der Waals surface area contributed by atoms with Crippen LogP contribution in [0.2, 0.25) is 0 Å². The molecule has 3 aromatic carbocycles. The van der Waals surface area contributed by atoms with Gasteiger partial charge in [-0.1, -0.05) is 71.8 Å². The van der Waals surface area contributed by atoms with E-state index in [9.17, 15) is 19.5 Å². The number of rotatable bonds is 7. The number of fused-ring (bicyclic) bond motifs is 4. The number of imide groups is 2. The van der Waals surface area contributed by atoms with E-state index in [0.29, 0.717) is 23.2 Å². The average Bonchev–Trinajstić information content (AvgIpc) is 3.49. The Bertz CT molecular complexity index is 1830. The van der Waals surface area contributed by atoms with Crippen LogP contribution < -0.4 is 20.2 Å². The van der Waals surface area contributed by atoms with Gasteiger partial charge in [-0.3, -0.25) is 29.9 Å². The SMILES string of the molecule is COc1cc(C=C[C@H]2C3=CC[C@@H]4C(=O)NC(=O)[C@@H]4[C@@H]3C[C@H]3C(=O)N(Nc4ccc(C)cc4)C(=O)[C@@]23c2ccccc2)cc(OC)c1O. The molecule has 47 heavy (non-hydrogen) atoms. The van der Waals surface area contributed by atoms with Crippen LogP contribution in [0.5, 0.6) is 17.2 Å². The summed E-state index contributed by atoms with van der Waals surface area (Å²) in [6.45, 7) is 1.96. The maximum Gasteiger partial charge on any atom is 0.260 e. The quantitative estimate of drug-likeness (QED) is 0.255. The van der Waals surface area contributed by atoms with Gasteiger partial charge < -0.3 is 14.6 Å². The minimum atomic E-state index is -1.36. The Hall–Kier alpha value is -5.38.